The Balaban J connectivity index is 1.58. The summed E-state index contributed by atoms with van der Waals surface area (Å²) >= 11 is 3.39. The van der Waals surface area contributed by atoms with E-state index in [-0.39, 0.29) is 0 Å². The summed E-state index contributed by atoms with van der Waals surface area (Å²) in [5.74, 6) is 0.858. The molecule has 2 aromatic rings. The molecule has 0 aromatic heterocycles. The Morgan fingerprint density at radius 2 is 1.65 bits per heavy atom. The molecule has 0 amide bonds. The van der Waals surface area contributed by atoms with Gasteiger partial charge in [0.15, 0.2) is 0 Å². The third-order valence-electron chi connectivity index (χ3n) is 2.63. The van der Waals surface area contributed by atoms with E-state index >= 15 is 0 Å². The fourth-order valence-electron chi connectivity index (χ4n) is 1.65. The Morgan fingerprint density at radius 3 is 2.40 bits per heavy atom. The highest BCUT2D eigenvalue weighted by Gasteiger charge is 1.93. The van der Waals surface area contributed by atoms with Crippen LogP contribution in [0.3, 0.4) is 0 Å². The molecular weight excluding hydrogens is 316 g/mol. The molecule has 0 heterocycles. The smallest absolute Gasteiger partial charge is 0.119 e. The summed E-state index contributed by atoms with van der Waals surface area (Å²) in [6.45, 7) is 1.73. The number of halogens is 1. The molecule has 0 unspecified atom stereocenters. The van der Waals surface area contributed by atoms with Gasteiger partial charge in [-0.3, -0.25) is 0 Å². The van der Waals surface area contributed by atoms with Crippen LogP contribution in [-0.4, -0.2) is 19.8 Å². The van der Waals surface area contributed by atoms with E-state index < -0.39 is 0 Å². The van der Waals surface area contributed by atoms with E-state index in [9.17, 15) is 0 Å². The van der Waals surface area contributed by atoms with E-state index in [1.807, 2.05) is 48.5 Å². The van der Waals surface area contributed by atoms with Gasteiger partial charge in [-0.1, -0.05) is 58.4 Å². The van der Waals surface area contributed by atoms with Crippen LogP contribution in [0, 0.1) is 0 Å². The third kappa shape index (κ3) is 5.59. The molecule has 0 atom stereocenters. The van der Waals surface area contributed by atoms with Crippen LogP contribution >= 0.6 is 15.9 Å². The predicted octanol–water partition coefficient (Wildman–Crippen LogP) is 4.56. The maximum absolute atomic E-state index is 5.56. The Labute approximate surface area is 128 Å². The fraction of sp³-hybridized carbons (Fsp3) is 0.176. The Hall–Kier alpha value is -1.58. The molecule has 2 rings (SSSR count). The highest BCUT2D eigenvalue weighted by molar-refractivity contribution is 9.10. The molecule has 0 aliphatic heterocycles. The zero-order valence-electron chi connectivity index (χ0n) is 11.2. The van der Waals surface area contributed by atoms with E-state index in [4.69, 9.17) is 9.47 Å². The van der Waals surface area contributed by atoms with Crippen LogP contribution in [0.5, 0.6) is 5.75 Å². The molecule has 104 valence electrons. The highest BCUT2D eigenvalue weighted by Crippen LogP contribution is 2.15. The molecule has 0 N–H and O–H groups in total. The highest BCUT2D eigenvalue weighted by atomic mass is 79.9. The van der Waals surface area contributed by atoms with Gasteiger partial charge in [0.05, 0.1) is 13.2 Å². The van der Waals surface area contributed by atoms with Crippen LogP contribution in [0.1, 0.15) is 5.56 Å². The number of rotatable bonds is 7. The van der Waals surface area contributed by atoms with Crippen LogP contribution in [0.25, 0.3) is 6.08 Å². The second-order valence-corrected chi connectivity index (χ2v) is 5.11. The normalized spacial score (nSPS) is 10.8. The van der Waals surface area contributed by atoms with Crippen molar-refractivity contribution >= 4 is 22.0 Å². The van der Waals surface area contributed by atoms with Crippen LogP contribution in [0.2, 0.25) is 0 Å². The SMILES string of the molecule is Brc1ccc(OCCOCC=Cc2ccccc2)cc1. The second-order valence-electron chi connectivity index (χ2n) is 4.19. The van der Waals surface area contributed by atoms with Gasteiger partial charge in [-0.2, -0.15) is 0 Å². The lowest BCUT2D eigenvalue weighted by atomic mass is 10.2. The topological polar surface area (TPSA) is 18.5 Å². The zero-order valence-corrected chi connectivity index (χ0v) is 12.8. The summed E-state index contributed by atoms with van der Waals surface area (Å²) in [5, 5.41) is 0. The standard InChI is InChI=1S/C17H17BrO2/c18-16-8-10-17(11-9-16)20-14-13-19-12-4-7-15-5-2-1-3-6-15/h1-11H,12-14H2. The average Bonchev–Trinajstić information content (AvgIpc) is 2.49. The van der Waals surface area contributed by atoms with Crippen molar-refractivity contribution in [2.45, 2.75) is 0 Å². The molecule has 0 aliphatic carbocycles. The second kappa shape index (κ2) is 8.56. The van der Waals surface area contributed by atoms with Crippen LogP contribution in [-0.2, 0) is 4.74 Å². The predicted molar refractivity (Wildman–Crippen MR) is 85.9 cm³/mol. The molecule has 0 aliphatic rings. The van der Waals surface area contributed by atoms with Crippen molar-refractivity contribution in [3.8, 4) is 5.75 Å². The molecule has 20 heavy (non-hydrogen) atoms. The molecule has 0 saturated heterocycles. The quantitative estimate of drug-likeness (QED) is 0.692. The lowest BCUT2D eigenvalue weighted by molar-refractivity contribution is 0.121. The number of hydrogen-bond acceptors (Lipinski definition) is 2. The van der Waals surface area contributed by atoms with Crippen LogP contribution < -0.4 is 4.74 Å². The van der Waals surface area contributed by atoms with E-state index in [1.165, 1.54) is 5.56 Å². The first kappa shape index (κ1) is 14.8. The van der Waals surface area contributed by atoms with Gasteiger partial charge in [-0.25, -0.2) is 0 Å². The van der Waals surface area contributed by atoms with E-state index in [0.29, 0.717) is 19.8 Å². The minimum atomic E-state index is 0.556. The Kier molecular flexibility index (Phi) is 6.35. The van der Waals surface area contributed by atoms with Crippen LogP contribution in [0.15, 0.2) is 65.1 Å². The van der Waals surface area contributed by atoms with Gasteiger partial charge in [-0.15, -0.1) is 0 Å². The molecule has 0 saturated carbocycles. The van der Waals surface area contributed by atoms with Gasteiger partial charge >= 0.3 is 0 Å². The number of ether oxygens (including phenoxy) is 2. The third-order valence-corrected chi connectivity index (χ3v) is 3.16. The minimum Gasteiger partial charge on any atom is -0.491 e. The molecule has 0 radical (unpaired) electrons. The first-order valence-electron chi connectivity index (χ1n) is 6.52. The molecule has 2 nitrogen and oxygen atoms in total. The fourth-order valence-corrected chi connectivity index (χ4v) is 1.91. The monoisotopic (exact) mass is 332 g/mol. The average molecular weight is 333 g/mol. The molecule has 2 aromatic carbocycles. The minimum absolute atomic E-state index is 0.556. The molecular formula is C17H17BrO2. The van der Waals surface area contributed by atoms with Crippen molar-refractivity contribution in [1.82, 2.24) is 0 Å². The maximum atomic E-state index is 5.56. The summed E-state index contributed by atoms with van der Waals surface area (Å²) in [7, 11) is 0. The van der Waals surface area contributed by atoms with Gasteiger partial charge in [0, 0.05) is 4.47 Å². The zero-order chi connectivity index (χ0) is 14.0. The number of hydrogen-bond donors (Lipinski definition) is 0. The maximum Gasteiger partial charge on any atom is 0.119 e. The van der Waals surface area contributed by atoms with Gasteiger partial charge in [-0.05, 0) is 29.8 Å². The Morgan fingerprint density at radius 1 is 0.900 bits per heavy atom. The van der Waals surface area contributed by atoms with Crippen molar-refractivity contribution in [1.29, 1.82) is 0 Å². The first-order chi connectivity index (χ1) is 9.84. The van der Waals surface area contributed by atoms with Crippen molar-refractivity contribution in [3.05, 3.63) is 70.7 Å². The van der Waals surface area contributed by atoms with Crippen molar-refractivity contribution in [2.24, 2.45) is 0 Å². The molecule has 0 fully saturated rings. The van der Waals surface area contributed by atoms with E-state index in [0.717, 1.165) is 10.2 Å². The summed E-state index contributed by atoms with van der Waals surface area (Å²) in [6.07, 6.45) is 4.06. The van der Waals surface area contributed by atoms with Gasteiger partial charge < -0.3 is 9.47 Å². The molecule has 0 spiro atoms. The van der Waals surface area contributed by atoms with Gasteiger partial charge in [0.2, 0.25) is 0 Å². The first-order valence-corrected chi connectivity index (χ1v) is 7.31. The van der Waals surface area contributed by atoms with Gasteiger partial charge in [0.1, 0.15) is 12.4 Å². The molecule has 3 heteroatoms. The van der Waals surface area contributed by atoms with E-state index in [1.54, 1.807) is 0 Å². The molecule has 0 bridgehead atoms. The largest absolute Gasteiger partial charge is 0.491 e. The number of benzene rings is 2. The summed E-state index contributed by atoms with van der Waals surface area (Å²) < 4.78 is 12.1. The van der Waals surface area contributed by atoms with E-state index in [2.05, 4.69) is 34.1 Å². The van der Waals surface area contributed by atoms with Crippen molar-refractivity contribution in [3.63, 3.8) is 0 Å². The summed E-state index contributed by atoms with van der Waals surface area (Å²) in [5.41, 5.74) is 1.18. The lowest BCUT2D eigenvalue weighted by Crippen LogP contribution is -2.06. The Bertz CT molecular complexity index is 520. The van der Waals surface area contributed by atoms with Crippen LogP contribution in [0.4, 0.5) is 0 Å². The lowest BCUT2D eigenvalue weighted by Gasteiger charge is -2.05. The summed E-state index contributed by atoms with van der Waals surface area (Å²) in [4.78, 5) is 0. The van der Waals surface area contributed by atoms with Crippen molar-refractivity contribution < 1.29 is 9.47 Å². The van der Waals surface area contributed by atoms with Gasteiger partial charge in [0.25, 0.3) is 0 Å². The summed E-state index contributed by atoms with van der Waals surface area (Å²) in [6, 6.07) is 17.9. The van der Waals surface area contributed by atoms with Crippen molar-refractivity contribution in [2.75, 3.05) is 19.8 Å².